The second kappa shape index (κ2) is 6.64. The number of hydrogen-bond donors (Lipinski definition) is 1. The molecule has 0 bridgehead atoms. The van der Waals surface area contributed by atoms with E-state index in [2.05, 4.69) is 18.9 Å². The van der Waals surface area contributed by atoms with E-state index in [4.69, 9.17) is 5.73 Å². The SMILES string of the molecule is Cc1nn(CC(C)C)c(C)c1S(=O)(=O)N1CC[C@@H](N)C1.Cl. The summed E-state index contributed by atoms with van der Waals surface area (Å²) in [6.45, 7) is 9.38. The molecule has 1 aliphatic rings. The molecule has 0 amide bonds. The largest absolute Gasteiger partial charge is 0.326 e. The lowest BCUT2D eigenvalue weighted by Gasteiger charge is -2.16. The lowest BCUT2D eigenvalue weighted by atomic mass is 10.2. The van der Waals surface area contributed by atoms with Crippen molar-refractivity contribution in [3.63, 3.8) is 0 Å². The number of aromatic nitrogens is 2. The number of halogens is 1. The van der Waals surface area contributed by atoms with Crippen LogP contribution in [0.15, 0.2) is 4.90 Å². The van der Waals surface area contributed by atoms with Crippen LogP contribution in [0.3, 0.4) is 0 Å². The van der Waals surface area contributed by atoms with Gasteiger partial charge in [-0.2, -0.15) is 9.40 Å². The van der Waals surface area contributed by atoms with Gasteiger partial charge < -0.3 is 5.73 Å². The smallest absolute Gasteiger partial charge is 0.246 e. The van der Waals surface area contributed by atoms with Gasteiger partial charge >= 0.3 is 0 Å². The van der Waals surface area contributed by atoms with E-state index < -0.39 is 10.0 Å². The summed E-state index contributed by atoms with van der Waals surface area (Å²) in [6.07, 6.45) is 0.720. The molecule has 0 unspecified atom stereocenters. The van der Waals surface area contributed by atoms with Gasteiger partial charge in [-0.1, -0.05) is 13.8 Å². The van der Waals surface area contributed by atoms with E-state index >= 15 is 0 Å². The molecule has 1 aromatic rings. The fraction of sp³-hybridized carbons (Fsp3) is 0.769. The topological polar surface area (TPSA) is 81.2 Å². The summed E-state index contributed by atoms with van der Waals surface area (Å²) in [4.78, 5) is 0.354. The Balaban J connectivity index is 0.00000220. The number of hydrogen-bond acceptors (Lipinski definition) is 4. The molecular weight excluding hydrogens is 312 g/mol. The zero-order chi connectivity index (χ0) is 15.1. The van der Waals surface area contributed by atoms with Crippen molar-refractivity contribution in [2.45, 2.75) is 51.6 Å². The number of sulfonamides is 1. The van der Waals surface area contributed by atoms with E-state index in [1.807, 2.05) is 6.92 Å². The summed E-state index contributed by atoms with van der Waals surface area (Å²) in [5, 5.41) is 4.39. The van der Waals surface area contributed by atoms with Gasteiger partial charge in [-0.15, -0.1) is 12.4 Å². The Labute approximate surface area is 133 Å². The first kappa shape index (κ1) is 18.4. The predicted molar refractivity (Wildman–Crippen MR) is 85.1 cm³/mol. The molecule has 0 aliphatic carbocycles. The molecule has 1 atom stereocenters. The highest BCUT2D eigenvalue weighted by atomic mass is 35.5. The molecule has 1 fully saturated rings. The summed E-state index contributed by atoms with van der Waals surface area (Å²) < 4.78 is 28.8. The third-order valence-corrected chi connectivity index (χ3v) is 5.76. The van der Waals surface area contributed by atoms with Crippen molar-refractivity contribution in [2.24, 2.45) is 11.7 Å². The van der Waals surface area contributed by atoms with Crippen LogP contribution in [-0.4, -0.2) is 41.6 Å². The molecule has 0 spiro atoms. The highest BCUT2D eigenvalue weighted by Crippen LogP contribution is 2.26. The van der Waals surface area contributed by atoms with E-state index in [0.717, 1.165) is 18.7 Å². The molecule has 1 saturated heterocycles. The lowest BCUT2D eigenvalue weighted by Crippen LogP contribution is -2.32. The van der Waals surface area contributed by atoms with Crippen molar-refractivity contribution in [3.05, 3.63) is 11.4 Å². The van der Waals surface area contributed by atoms with E-state index in [1.54, 1.807) is 11.6 Å². The predicted octanol–water partition coefficient (Wildman–Crippen LogP) is 1.30. The molecule has 2 heterocycles. The number of nitrogens with two attached hydrogens (primary N) is 1. The van der Waals surface area contributed by atoms with E-state index in [-0.39, 0.29) is 18.4 Å². The van der Waals surface area contributed by atoms with Crippen molar-refractivity contribution >= 4 is 22.4 Å². The Morgan fingerprint density at radius 1 is 1.38 bits per heavy atom. The van der Waals surface area contributed by atoms with Crippen molar-refractivity contribution in [2.75, 3.05) is 13.1 Å². The van der Waals surface area contributed by atoms with Crippen molar-refractivity contribution in [3.8, 4) is 0 Å². The summed E-state index contributed by atoms with van der Waals surface area (Å²) in [5.41, 5.74) is 7.11. The molecule has 0 aromatic carbocycles. The number of nitrogens with zero attached hydrogens (tertiary/aromatic N) is 3. The quantitative estimate of drug-likeness (QED) is 0.898. The zero-order valence-electron chi connectivity index (χ0n) is 13.0. The van der Waals surface area contributed by atoms with Gasteiger partial charge in [0.1, 0.15) is 4.90 Å². The van der Waals surface area contributed by atoms with Gasteiger partial charge in [0.05, 0.1) is 11.4 Å². The molecule has 1 aliphatic heterocycles. The number of aryl methyl sites for hydroxylation is 1. The van der Waals surface area contributed by atoms with Crippen molar-refractivity contribution < 1.29 is 8.42 Å². The van der Waals surface area contributed by atoms with Gasteiger partial charge in [-0.05, 0) is 26.2 Å². The van der Waals surface area contributed by atoms with Gasteiger partial charge in [0, 0.05) is 25.7 Å². The van der Waals surface area contributed by atoms with Gasteiger partial charge in [0.15, 0.2) is 0 Å². The van der Waals surface area contributed by atoms with Crippen LogP contribution in [0.25, 0.3) is 0 Å². The highest BCUT2D eigenvalue weighted by molar-refractivity contribution is 7.89. The van der Waals surface area contributed by atoms with Crippen LogP contribution in [0.2, 0.25) is 0 Å². The summed E-state index contributed by atoms with van der Waals surface area (Å²) in [6, 6.07) is -0.0592. The van der Waals surface area contributed by atoms with E-state index in [0.29, 0.717) is 29.6 Å². The standard InChI is InChI=1S/C13H24N4O2S.ClH/c1-9(2)7-17-11(4)13(10(3)15-17)20(18,19)16-6-5-12(14)8-16;/h9,12H,5-8,14H2,1-4H3;1H/t12-;/m1./s1. The second-order valence-corrected chi connectivity index (χ2v) is 7.86. The van der Waals surface area contributed by atoms with Gasteiger partial charge in [0.2, 0.25) is 10.0 Å². The number of rotatable bonds is 4. The lowest BCUT2D eigenvalue weighted by molar-refractivity contribution is 0.465. The van der Waals surface area contributed by atoms with Gasteiger partial charge in [0.25, 0.3) is 0 Å². The Morgan fingerprint density at radius 3 is 2.48 bits per heavy atom. The highest BCUT2D eigenvalue weighted by Gasteiger charge is 2.34. The maximum Gasteiger partial charge on any atom is 0.246 e. The second-order valence-electron chi connectivity index (χ2n) is 5.99. The minimum Gasteiger partial charge on any atom is -0.326 e. The molecule has 8 heteroatoms. The molecule has 2 rings (SSSR count). The summed E-state index contributed by atoms with van der Waals surface area (Å²) >= 11 is 0. The molecule has 6 nitrogen and oxygen atoms in total. The molecule has 21 heavy (non-hydrogen) atoms. The molecule has 122 valence electrons. The average molecular weight is 337 g/mol. The third-order valence-electron chi connectivity index (χ3n) is 3.64. The van der Waals surface area contributed by atoms with Crippen LogP contribution < -0.4 is 5.73 Å². The first-order valence-corrected chi connectivity index (χ1v) is 8.47. The summed E-state index contributed by atoms with van der Waals surface area (Å²) in [7, 11) is -3.48. The Morgan fingerprint density at radius 2 is 2.00 bits per heavy atom. The van der Waals surface area contributed by atoms with Crippen LogP contribution in [0.1, 0.15) is 31.7 Å². The first-order valence-electron chi connectivity index (χ1n) is 7.03. The fourth-order valence-corrected chi connectivity index (χ4v) is 4.56. The maximum atomic E-state index is 12.7. The minimum atomic E-state index is -3.48. The van der Waals surface area contributed by atoms with E-state index in [9.17, 15) is 8.42 Å². The molecule has 2 N–H and O–H groups in total. The van der Waals surface area contributed by atoms with Crippen LogP contribution in [0.4, 0.5) is 0 Å². The molecule has 1 aromatic heterocycles. The Kier molecular flexibility index (Phi) is 5.83. The minimum absolute atomic E-state index is 0. The molecule has 0 radical (unpaired) electrons. The normalized spacial score (nSPS) is 20.0. The van der Waals surface area contributed by atoms with Crippen LogP contribution in [0.5, 0.6) is 0 Å². The summed E-state index contributed by atoms with van der Waals surface area (Å²) in [5.74, 6) is 0.420. The van der Waals surface area contributed by atoms with Crippen molar-refractivity contribution in [1.29, 1.82) is 0 Å². The monoisotopic (exact) mass is 336 g/mol. The van der Waals surface area contributed by atoms with Crippen LogP contribution in [-0.2, 0) is 16.6 Å². The fourth-order valence-electron chi connectivity index (χ4n) is 2.68. The average Bonchev–Trinajstić information content (AvgIpc) is 2.84. The van der Waals surface area contributed by atoms with Gasteiger partial charge in [-0.25, -0.2) is 8.42 Å². The van der Waals surface area contributed by atoms with E-state index in [1.165, 1.54) is 4.31 Å². The van der Waals surface area contributed by atoms with Crippen LogP contribution in [0, 0.1) is 19.8 Å². The first-order chi connectivity index (χ1) is 9.23. The Bertz CT molecular complexity index is 598. The Hall–Kier alpha value is -0.630. The van der Waals surface area contributed by atoms with Gasteiger partial charge in [-0.3, -0.25) is 4.68 Å². The maximum absolute atomic E-state index is 12.7. The molecular formula is C13H25ClN4O2S. The van der Waals surface area contributed by atoms with Crippen molar-refractivity contribution in [1.82, 2.24) is 14.1 Å². The zero-order valence-corrected chi connectivity index (χ0v) is 14.7. The third kappa shape index (κ3) is 3.59. The van der Waals surface area contributed by atoms with Crippen LogP contribution >= 0.6 is 12.4 Å². The molecule has 0 saturated carbocycles.